The van der Waals surface area contributed by atoms with Crippen LogP contribution in [0, 0.1) is 23.7 Å². The Kier molecular flexibility index (Phi) is 1.34. The van der Waals surface area contributed by atoms with Crippen LogP contribution in [0.3, 0.4) is 0 Å². The molecule has 1 heterocycles. The fourth-order valence-corrected chi connectivity index (χ4v) is 2.79. The third-order valence-corrected chi connectivity index (χ3v) is 3.46. The Bertz CT molecular complexity index is 391. The highest BCUT2D eigenvalue weighted by Crippen LogP contribution is 2.47. The summed E-state index contributed by atoms with van der Waals surface area (Å²) in [6, 6.07) is 0. The van der Waals surface area contributed by atoms with Gasteiger partial charge in [0, 0.05) is 11.8 Å². The molecule has 4 unspecified atom stereocenters. The van der Waals surface area contributed by atoms with Gasteiger partial charge in [0.15, 0.2) is 0 Å². The van der Waals surface area contributed by atoms with E-state index in [1.165, 1.54) is 5.57 Å². The number of ether oxygens (including phenoxy) is 1. The van der Waals surface area contributed by atoms with Gasteiger partial charge in [0.1, 0.15) is 0 Å². The first kappa shape index (κ1) is 7.97. The Morgan fingerprint density at radius 3 is 2.57 bits per heavy atom. The van der Waals surface area contributed by atoms with Gasteiger partial charge in [-0.1, -0.05) is 23.8 Å². The molecular formula is C11H10O3. The standard InChI is InChI=1S/C11H10O3/c1-5-4-6-2-3-7(5)9-8(6)10(12)14-11(9)13/h2-4,6-9H,1H3. The molecule has 0 N–H and O–H groups in total. The molecule has 72 valence electrons. The van der Waals surface area contributed by atoms with Crippen LogP contribution in [0.2, 0.25) is 0 Å². The molecule has 14 heavy (non-hydrogen) atoms. The van der Waals surface area contributed by atoms with Crippen molar-refractivity contribution in [3.05, 3.63) is 23.8 Å². The summed E-state index contributed by atoms with van der Waals surface area (Å²) in [6.07, 6.45) is 6.12. The van der Waals surface area contributed by atoms with E-state index < -0.39 is 0 Å². The summed E-state index contributed by atoms with van der Waals surface area (Å²) in [5.41, 5.74) is 1.19. The number of carbonyl (C=O) groups is 2. The first-order valence-corrected chi connectivity index (χ1v) is 4.80. The minimum Gasteiger partial charge on any atom is -0.393 e. The van der Waals surface area contributed by atoms with Gasteiger partial charge in [0.2, 0.25) is 0 Å². The molecule has 0 aromatic carbocycles. The van der Waals surface area contributed by atoms with Gasteiger partial charge in [-0.2, -0.15) is 0 Å². The third-order valence-electron chi connectivity index (χ3n) is 3.46. The van der Waals surface area contributed by atoms with Crippen molar-refractivity contribution < 1.29 is 14.3 Å². The normalized spacial score (nSPS) is 43.6. The molecule has 4 atom stereocenters. The lowest BCUT2D eigenvalue weighted by atomic mass is 9.64. The van der Waals surface area contributed by atoms with Crippen LogP contribution in [0.1, 0.15) is 6.92 Å². The van der Waals surface area contributed by atoms with Gasteiger partial charge in [-0.25, -0.2) is 0 Å². The molecule has 0 saturated carbocycles. The Balaban J connectivity index is 2.13. The summed E-state index contributed by atoms with van der Waals surface area (Å²) < 4.78 is 4.69. The van der Waals surface area contributed by atoms with Crippen LogP contribution in [-0.2, 0) is 14.3 Å². The third kappa shape index (κ3) is 0.775. The lowest BCUT2D eigenvalue weighted by Gasteiger charge is -2.35. The Hall–Kier alpha value is -1.38. The number of cyclic esters (lactones) is 2. The van der Waals surface area contributed by atoms with Crippen molar-refractivity contribution in [2.45, 2.75) is 6.92 Å². The number of hydrogen-bond donors (Lipinski definition) is 0. The van der Waals surface area contributed by atoms with E-state index in [2.05, 4.69) is 10.8 Å². The van der Waals surface area contributed by atoms with Crippen molar-refractivity contribution >= 4 is 11.9 Å². The zero-order chi connectivity index (χ0) is 9.87. The molecule has 1 aliphatic heterocycles. The average molecular weight is 190 g/mol. The average Bonchev–Trinajstić information content (AvgIpc) is 2.45. The fraction of sp³-hybridized carbons (Fsp3) is 0.455. The second kappa shape index (κ2) is 2.35. The van der Waals surface area contributed by atoms with Gasteiger partial charge < -0.3 is 4.74 Å². The van der Waals surface area contributed by atoms with Crippen molar-refractivity contribution in [1.29, 1.82) is 0 Å². The van der Waals surface area contributed by atoms with Crippen LogP contribution in [0.25, 0.3) is 0 Å². The molecule has 0 aromatic rings. The second-order valence-corrected chi connectivity index (χ2v) is 4.19. The number of hydrogen-bond acceptors (Lipinski definition) is 3. The maximum absolute atomic E-state index is 11.5. The van der Waals surface area contributed by atoms with E-state index in [0.717, 1.165) is 0 Å². The topological polar surface area (TPSA) is 43.4 Å². The maximum atomic E-state index is 11.5. The van der Waals surface area contributed by atoms with Crippen molar-refractivity contribution in [2.24, 2.45) is 23.7 Å². The van der Waals surface area contributed by atoms with Crippen molar-refractivity contribution in [1.82, 2.24) is 0 Å². The molecule has 0 spiro atoms. The van der Waals surface area contributed by atoms with Crippen LogP contribution >= 0.6 is 0 Å². The highest BCUT2D eigenvalue weighted by molar-refractivity contribution is 5.98. The van der Waals surface area contributed by atoms with Gasteiger partial charge in [-0.15, -0.1) is 0 Å². The van der Waals surface area contributed by atoms with Crippen LogP contribution in [0.5, 0.6) is 0 Å². The monoisotopic (exact) mass is 190 g/mol. The lowest BCUT2D eigenvalue weighted by molar-refractivity contribution is -0.154. The molecule has 3 heteroatoms. The SMILES string of the molecule is CC1=CC2C=CC1C1C(=O)OC(=O)C21. The largest absolute Gasteiger partial charge is 0.393 e. The second-order valence-electron chi connectivity index (χ2n) is 4.19. The molecule has 1 saturated heterocycles. The molecule has 4 rings (SSSR count). The smallest absolute Gasteiger partial charge is 0.318 e. The van der Waals surface area contributed by atoms with Gasteiger partial charge in [-0.3, -0.25) is 9.59 Å². The highest BCUT2D eigenvalue weighted by atomic mass is 16.6. The van der Waals surface area contributed by atoms with Crippen molar-refractivity contribution in [2.75, 3.05) is 0 Å². The van der Waals surface area contributed by atoms with Gasteiger partial charge in [-0.05, 0) is 6.92 Å². The van der Waals surface area contributed by atoms with Gasteiger partial charge in [0.25, 0.3) is 0 Å². The lowest BCUT2D eigenvalue weighted by Crippen LogP contribution is -2.37. The van der Waals surface area contributed by atoms with E-state index in [-0.39, 0.29) is 35.6 Å². The zero-order valence-electron chi connectivity index (χ0n) is 7.77. The van der Waals surface area contributed by atoms with Crippen LogP contribution in [0.4, 0.5) is 0 Å². The Labute approximate surface area is 81.4 Å². The van der Waals surface area contributed by atoms with Crippen LogP contribution in [0.15, 0.2) is 23.8 Å². The maximum Gasteiger partial charge on any atom is 0.318 e. The first-order valence-electron chi connectivity index (χ1n) is 4.80. The van der Waals surface area contributed by atoms with E-state index in [9.17, 15) is 9.59 Å². The predicted octanol–water partition coefficient (Wildman–Crippen LogP) is 1.06. The number of allylic oxidation sites excluding steroid dienone is 4. The molecule has 0 amide bonds. The van der Waals surface area contributed by atoms with E-state index >= 15 is 0 Å². The molecule has 0 radical (unpaired) electrons. The summed E-state index contributed by atoms with van der Waals surface area (Å²) in [4.78, 5) is 22.9. The predicted molar refractivity (Wildman–Crippen MR) is 48.0 cm³/mol. The summed E-state index contributed by atoms with van der Waals surface area (Å²) in [7, 11) is 0. The highest BCUT2D eigenvalue weighted by Gasteiger charge is 2.54. The first-order chi connectivity index (χ1) is 6.68. The van der Waals surface area contributed by atoms with Gasteiger partial charge in [0.05, 0.1) is 11.8 Å². The van der Waals surface area contributed by atoms with Gasteiger partial charge >= 0.3 is 11.9 Å². The van der Waals surface area contributed by atoms with E-state index in [0.29, 0.717) is 0 Å². The Morgan fingerprint density at radius 1 is 1.14 bits per heavy atom. The zero-order valence-corrected chi connectivity index (χ0v) is 7.77. The molecule has 4 aliphatic rings. The fourth-order valence-electron chi connectivity index (χ4n) is 2.79. The number of esters is 2. The Morgan fingerprint density at radius 2 is 1.86 bits per heavy atom. The molecular weight excluding hydrogens is 180 g/mol. The van der Waals surface area contributed by atoms with E-state index in [4.69, 9.17) is 0 Å². The summed E-state index contributed by atoms with van der Waals surface area (Å²) in [5.74, 6) is -1.02. The molecule has 0 aromatic heterocycles. The van der Waals surface area contributed by atoms with E-state index in [1.54, 1.807) is 0 Å². The number of carbonyl (C=O) groups excluding carboxylic acids is 2. The van der Waals surface area contributed by atoms with E-state index in [1.807, 2.05) is 19.1 Å². The van der Waals surface area contributed by atoms with Crippen LogP contribution < -0.4 is 0 Å². The molecule has 1 fully saturated rings. The molecule has 2 bridgehead atoms. The quantitative estimate of drug-likeness (QED) is 0.326. The van der Waals surface area contributed by atoms with Crippen molar-refractivity contribution in [3.63, 3.8) is 0 Å². The summed E-state index contributed by atoms with van der Waals surface area (Å²) in [5, 5.41) is 0. The number of rotatable bonds is 0. The molecule has 3 aliphatic carbocycles. The summed E-state index contributed by atoms with van der Waals surface area (Å²) >= 11 is 0. The summed E-state index contributed by atoms with van der Waals surface area (Å²) in [6.45, 7) is 2.01. The minimum atomic E-state index is -0.344. The van der Waals surface area contributed by atoms with Crippen molar-refractivity contribution in [3.8, 4) is 0 Å². The molecule has 3 nitrogen and oxygen atoms in total. The van der Waals surface area contributed by atoms with Crippen LogP contribution in [-0.4, -0.2) is 11.9 Å². The minimum absolute atomic E-state index is 0.0731.